The van der Waals surface area contributed by atoms with Crippen LogP contribution >= 0.6 is 0 Å². The normalized spacial score (nSPS) is 12.4. The molecule has 0 atom stereocenters. The Balaban J connectivity index is 0. The van der Waals surface area contributed by atoms with Crippen LogP contribution in [0, 0.1) is 53.8 Å². The van der Waals surface area contributed by atoms with Gasteiger partial charge in [0.2, 0.25) is 0 Å². The number of aliphatic hydroxyl groups excluding tert-OH is 1. The van der Waals surface area contributed by atoms with E-state index in [2.05, 4.69) is 48.3 Å². The maximum atomic E-state index is 8.14. The number of terminal acetylenes is 1. The van der Waals surface area contributed by atoms with Gasteiger partial charge in [0.15, 0.2) is 0 Å². The maximum absolute atomic E-state index is 8.14. The smallest absolute Gasteiger partial charge is 0.104 e. The molecule has 0 aromatic heterocycles. The van der Waals surface area contributed by atoms with E-state index in [4.69, 9.17) is 11.5 Å². The van der Waals surface area contributed by atoms with Crippen molar-refractivity contribution in [1.82, 2.24) is 4.90 Å². The number of rotatable bonds is 1. The van der Waals surface area contributed by atoms with Crippen molar-refractivity contribution >= 4 is 0 Å². The number of nitrogens with zero attached hydrogens (tertiary/aromatic N) is 1. The highest BCUT2D eigenvalue weighted by Crippen LogP contribution is 2.03. The van der Waals surface area contributed by atoms with Gasteiger partial charge in [-0.2, -0.15) is 0 Å². The zero-order valence-corrected chi connectivity index (χ0v) is 15.2. The van der Waals surface area contributed by atoms with E-state index >= 15 is 0 Å². The maximum Gasteiger partial charge on any atom is 0.104 e. The van der Waals surface area contributed by atoms with Crippen LogP contribution in [-0.4, -0.2) is 36.2 Å². The molecule has 124 valence electrons. The van der Waals surface area contributed by atoms with Crippen LogP contribution in [0.25, 0.3) is 0 Å². The van der Waals surface area contributed by atoms with Crippen LogP contribution in [0.15, 0.2) is 0 Å². The molecule has 0 unspecified atom stereocenters. The minimum Gasteiger partial charge on any atom is -0.384 e. The molecule has 1 rings (SSSR count). The van der Waals surface area contributed by atoms with E-state index in [9.17, 15) is 0 Å². The van der Waals surface area contributed by atoms with Gasteiger partial charge in [-0.05, 0) is 6.42 Å². The van der Waals surface area contributed by atoms with E-state index in [1.54, 1.807) is 0 Å². The Bertz CT molecular complexity index is 403. The van der Waals surface area contributed by atoms with Gasteiger partial charge in [-0.15, -0.1) is 12.3 Å². The van der Waals surface area contributed by atoms with Crippen molar-refractivity contribution < 1.29 is 5.11 Å². The molecular weight excluding hydrogens is 270 g/mol. The van der Waals surface area contributed by atoms with Crippen LogP contribution in [0.5, 0.6) is 0 Å². The fraction of sp³-hybridized carbons (Fsp3) is 0.700. The molecule has 0 aromatic rings. The monoisotopic (exact) mass is 303 g/mol. The molecule has 1 heterocycles. The lowest BCUT2D eigenvalue weighted by atomic mass is 10.2. The fourth-order valence-electron chi connectivity index (χ4n) is 1.15. The van der Waals surface area contributed by atoms with Crippen LogP contribution in [0.1, 0.15) is 48.0 Å². The first kappa shape index (κ1) is 22.9. The third-order valence-electron chi connectivity index (χ3n) is 2.45. The standard InChI is InChI=1S/C9H15N.C6H10O.C5H8/c1-9(2)5-3-6-10-7-4-8-10;1-6(2)4-3-5-7;1-4-5(2)3/h9H,4,6-8H2,1-2H3;6-7H,5H2,1-2H3;1,5H,2-3H3. The van der Waals surface area contributed by atoms with E-state index in [1.165, 1.54) is 19.5 Å². The summed E-state index contributed by atoms with van der Waals surface area (Å²) < 4.78 is 0. The van der Waals surface area contributed by atoms with E-state index in [-0.39, 0.29) is 6.61 Å². The first-order chi connectivity index (χ1) is 10.3. The molecule has 1 N–H and O–H groups in total. The van der Waals surface area contributed by atoms with Crippen LogP contribution in [-0.2, 0) is 0 Å². The van der Waals surface area contributed by atoms with E-state index in [1.807, 2.05) is 27.7 Å². The van der Waals surface area contributed by atoms with Gasteiger partial charge in [0, 0.05) is 30.8 Å². The quantitative estimate of drug-likeness (QED) is 0.752. The van der Waals surface area contributed by atoms with Gasteiger partial charge in [-0.25, -0.2) is 0 Å². The van der Waals surface area contributed by atoms with Gasteiger partial charge in [-0.1, -0.05) is 65.2 Å². The summed E-state index contributed by atoms with van der Waals surface area (Å²) >= 11 is 0. The highest BCUT2D eigenvalue weighted by atomic mass is 16.2. The minimum absolute atomic E-state index is 0.0157. The average Bonchev–Trinajstić information content (AvgIpc) is 2.40. The molecular formula is C20H33NO. The fourth-order valence-corrected chi connectivity index (χ4v) is 1.15. The molecule has 0 aromatic carbocycles. The van der Waals surface area contributed by atoms with Crippen molar-refractivity contribution in [3.8, 4) is 36.0 Å². The van der Waals surface area contributed by atoms with Crippen LogP contribution < -0.4 is 0 Å². The summed E-state index contributed by atoms with van der Waals surface area (Å²) in [7, 11) is 0. The van der Waals surface area contributed by atoms with E-state index in [0.29, 0.717) is 17.8 Å². The highest BCUT2D eigenvalue weighted by molar-refractivity contribution is 5.04. The van der Waals surface area contributed by atoms with Gasteiger partial charge < -0.3 is 5.11 Å². The molecule has 0 saturated carbocycles. The molecule has 1 saturated heterocycles. The van der Waals surface area contributed by atoms with Crippen molar-refractivity contribution in [3.63, 3.8) is 0 Å². The van der Waals surface area contributed by atoms with Gasteiger partial charge in [0.05, 0.1) is 6.54 Å². The largest absolute Gasteiger partial charge is 0.384 e. The summed E-state index contributed by atoms with van der Waals surface area (Å²) in [6.45, 7) is 15.7. The first-order valence-corrected chi connectivity index (χ1v) is 8.09. The van der Waals surface area contributed by atoms with Crippen LogP contribution in [0.3, 0.4) is 0 Å². The van der Waals surface area contributed by atoms with E-state index in [0.717, 1.165) is 6.54 Å². The molecule has 0 spiro atoms. The molecule has 22 heavy (non-hydrogen) atoms. The Kier molecular flexibility index (Phi) is 16.6. The van der Waals surface area contributed by atoms with Gasteiger partial charge in [0.25, 0.3) is 0 Å². The molecule has 0 amide bonds. The minimum atomic E-state index is -0.0157. The summed E-state index contributed by atoms with van der Waals surface area (Å²) in [6, 6.07) is 0. The number of likely N-dealkylation sites (tertiary alicyclic amines) is 1. The zero-order chi connectivity index (χ0) is 17.4. The molecule has 0 aliphatic carbocycles. The van der Waals surface area contributed by atoms with Gasteiger partial charge in [0.1, 0.15) is 6.61 Å². The average molecular weight is 303 g/mol. The second-order valence-corrected chi connectivity index (χ2v) is 6.06. The molecule has 1 aliphatic rings. The first-order valence-electron chi connectivity index (χ1n) is 8.09. The lowest BCUT2D eigenvalue weighted by molar-refractivity contribution is 0.207. The summed E-state index contributed by atoms with van der Waals surface area (Å²) in [6.07, 6.45) is 6.29. The topological polar surface area (TPSA) is 23.5 Å². The summed E-state index contributed by atoms with van der Waals surface area (Å²) in [5.41, 5.74) is 0. The Morgan fingerprint density at radius 3 is 1.59 bits per heavy atom. The van der Waals surface area contributed by atoms with Crippen molar-refractivity contribution in [2.75, 3.05) is 26.2 Å². The van der Waals surface area contributed by atoms with E-state index < -0.39 is 0 Å². The highest BCUT2D eigenvalue weighted by Gasteiger charge is 2.10. The van der Waals surface area contributed by atoms with Crippen molar-refractivity contribution in [3.05, 3.63) is 0 Å². The Labute approximate surface area is 138 Å². The van der Waals surface area contributed by atoms with Crippen molar-refractivity contribution in [1.29, 1.82) is 0 Å². The zero-order valence-electron chi connectivity index (χ0n) is 15.2. The molecule has 0 bridgehead atoms. The summed E-state index contributed by atoms with van der Waals surface area (Å²) in [5.74, 6) is 15.5. The Hall–Kier alpha value is -1.40. The predicted molar refractivity (Wildman–Crippen MR) is 97.0 cm³/mol. The van der Waals surface area contributed by atoms with Crippen molar-refractivity contribution in [2.45, 2.75) is 48.0 Å². The molecule has 1 aliphatic heterocycles. The molecule has 2 nitrogen and oxygen atoms in total. The Morgan fingerprint density at radius 2 is 1.36 bits per heavy atom. The van der Waals surface area contributed by atoms with Gasteiger partial charge >= 0.3 is 0 Å². The lowest BCUT2D eigenvalue weighted by Crippen LogP contribution is -2.37. The summed E-state index contributed by atoms with van der Waals surface area (Å²) in [4.78, 5) is 2.37. The molecule has 1 fully saturated rings. The van der Waals surface area contributed by atoms with Crippen LogP contribution in [0.2, 0.25) is 0 Å². The van der Waals surface area contributed by atoms with Crippen molar-refractivity contribution in [2.24, 2.45) is 17.8 Å². The summed E-state index contributed by atoms with van der Waals surface area (Å²) in [5, 5.41) is 8.14. The third-order valence-corrected chi connectivity index (χ3v) is 2.45. The Morgan fingerprint density at radius 1 is 0.909 bits per heavy atom. The third kappa shape index (κ3) is 20.9. The lowest BCUT2D eigenvalue weighted by Gasteiger charge is -2.28. The molecule has 2 heteroatoms. The SMILES string of the molecule is C#CC(C)C.CC(C)C#CCN1CCC1.CC(C)C#CCO. The second-order valence-electron chi connectivity index (χ2n) is 6.06. The molecule has 0 radical (unpaired) electrons. The van der Waals surface area contributed by atoms with Gasteiger partial charge in [-0.3, -0.25) is 4.90 Å². The number of hydrogen-bond acceptors (Lipinski definition) is 2. The second kappa shape index (κ2) is 16.0. The number of aliphatic hydroxyl groups is 1. The number of hydrogen-bond donors (Lipinski definition) is 1. The van der Waals surface area contributed by atoms with Crippen LogP contribution in [0.4, 0.5) is 0 Å². The predicted octanol–water partition coefficient (Wildman–Crippen LogP) is 3.27.